The van der Waals surface area contributed by atoms with Crippen molar-refractivity contribution in [3.05, 3.63) is 28.5 Å². The summed E-state index contributed by atoms with van der Waals surface area (Å²) in [6.45, 7) is 4.94. The Morgan fingerprint density at radius 2 is 2.35 bits per heavy atom. The van der Waals surface area contributed by atoms with Gasteiger partial charge in [0.05, 0.1) is 12.2 Å². The highest BCUT2D eigenvalue weighted by molar-refractivity contribution is 9.10. The molecule has 1 fully saturated rings. The van der Waals surface area contributed by atoms with E-state index in [2.05, 4.69) is 38.4 Å². The Hall–Kier alpha value is -0.690. The second-order valence-corrected chi connectivity index (χ2v) is 5.61. The van der Waals surface area contributed by atoms with E-state index < -0.39 is 5.82 Å². The standard InChI is InChI=1S/C13H17BrFN3O.ClH/c1-9-7-16-4-5-18(9)8-13(19)17-12-3-2-10(14)6-11(12)15;/h2-3,6,9,16H,4-5,7-8H2,1H3,(H,17,19);1H/t9-;/m0./s1. The highest BCUT2D eigenvalue weighted by Gasteiger charge is 2.20. The van der Waals surface area contributed by atoms with Gasteiger partial charge in [0, 0.05) is 30.1 Å². The Labute approximate surface area is 132 Å². The summed E-state index contributed by atoms with van der Waals surface area (Å²) in [6, 6.07) is 4.91. The maximum absolute atomic E-state index is 13.6. The predicted octanol–water partition coefficient (Wildman–Crippen LogP) is 2.24. The lowest BCUT2D eigenvalue weighted by Crippen LogP contribution is -2.52. The van der Waals surface area contributed by atoms with Crippen molar-refractivity contribution in [2.75, 3.05) is 31.5 Å². The average Bonchev–Trinajstić information content (AvgIpc) is 2.36. The molecule has 2 N–H and O–H groups in total. The summed E-state index contributed by atoms with van der Waals surface area (Å²) < 4.78 is 14.2. The van der Waals surface area contributed by atoms with Gasteiger partial charge in [-0.05, 0) is 25.1 Å². The third-order valence-corrected chi connectivity index (χ3v) is 3.68. The van der Waals surface area contributed by atoms with E-state index in [9.17, 15) is 9.18 Å². The molecule has 1 aliphatic rings. The first kappa shape index (κ1) is 17.4. The number of carbonyl (C=O) groups is 1. The molecule has 1 aliphatic heterocycles. The van der Waals surface area contributed by atoms with Crippen LogP contribution in [0.2, 0.25) is 0 Å². The van der Waals surface area contributed by atoms with Crippen molar-refractivity contribution in [1.29, 1.82) is 0 Å². The number of rotatable bonds is 3. The minimum Gasteiger partial charge on any atom is -0.322 e. The van der Waals surface area contributed by atoms with E-state index in [4.69, 9.17) is 0 Å². The molecule has 0 radical (unpaired) electrons. The van der Waals surface area contributed by atoms with Gasteiger partial charge in [-0.2, -0.15) is 0 Å². The molecular formula is C13H18BrClFN3O. The molecule has 112 valence electrons. The number of nitrogens with one attached hydrogen (secondary N) is 2. The summed E-state index contributed by atoms with van der Waals surface area (Å²) in [5.74, 6) is -0.619. The Balaban J connectivity index is 0.00000200. The quantitative estimate of drug-likeness (QED) is 0.862. The molecule has 0 bridgehead atoms. The Morgan fingerprint density at radius 1 is 1.60 bits per heavy atom. The van der Waals surface area contributed by atoms with E-state index in [0.29, 0.717) is 17.1 Å². The highest BCUT2D eigenvalue weighted by atomic mass is 79.9. The predicted molar refractivity (Wildman–Crippen MR) is 83.9 cm³/mol. The Kier molecular flexibility index (Phi) is 6.88. The summed E-state index contributed by atoms with van der Waals surface area (Å²) >= 11 is 3.18. The second-order valence-electron chi connectivity index (χ2n) is 4.70. The van der Waals surface area contributed by atoms with Crippen LogP contribution < -0.4 is 10.6 Å². The van der Waals surface area contributed by atoms with Crippen LogP contribution in [0.4, 0.5) is 10.1 Å². The minimum atomic E-state index is -0.434. The largest absolute Gasteiger partial charge is 0.322 e. The van der Waals surface area contributed by atoms with Gasteiger partial charge in [0.25, 0.3) is 0 Å². The highest BCUT2D eigenvalue weighted by Crippen LogP contribution is 2.19. The minimum absolute atomic E-state index is 0. The van der Waals surface area contributed by atoms with Gasteiger partial charge in [-0.1, -0.05) is 15.9 Å². The number of amides is 1. The van der Waals surface area contributed by atoms with Gasteiger partial charge in [-0.25, -0.2) is 4.39 Å². The van der Waals surface area contributed by atoms with Crippen molar-refractivity contribution in [3.8, 4) is 0 Å². The SMILES string of the molecule is C[C@H]1CNCCN1CC(=O)Nc1ccc(Br)cc1F.Cl. The van der Waals surface area contributed by atoms with Crippen LogP contribution in [0, 0.1) is 5.82 Å². The molecular weight excluding hydrogens is 349 g/mol. The van der Waals surface area contributed by atoms with Gasteiger partial charge in [-0.3, -0.25) is 9.69 Å². The molecule has 0 saturated carbocycles. The van der Waals surface area contributed by atoms with E-state index in [0.717, 1.165) is 19.6 Å². The molecule has 1 aromatic carbocycles. The van der Waals surface area contributed by atoms with Gasteiger partial charge in [0.1, 0.15) is 5.82 Å². The van der Waals surface area contributed by atoms with Gasteiger partial charge in [-0.15, -0.1) is 12.4 Å². The lowest BCUT2D eigenvalue weighted by atomic mass is 10.2. The monoisotopic (exact) mass is 365 g/mol. The number of carbonyl (C=O) groups excluding carboxylic acids is 1. The van der Waals surface area contributed by atoms with Gasteiger partial charge in [0.15, 0.2) is 0 Å². The van der Waals surface area contributed by atoms with E-state index in [1.54, 1.807) is 12.1 Å². The third-order valence-electron chi connectivity index (χ3n) is 3.19. The summed E-state index contributed by atoms with van der Waals surface area (Å²) in [4.78, 5) is 14.0. The number of benzene rings is 1. The van der Waals surface area contributed by atoms with Crippen LogP contribution in [0.3, 0.4) is 0 Å². The molecule has 2 rings (SSSR count). The molecule has 0 spiro atoms. The van der Waals surface area contributed by atoms with Gasteiger partial charge in [0.2, 0.25) is 5.91 Å². The zero-order valence-electron chi connectivity index (χ0n) is 11.2. The normalized spacial score (nSPS) is 19.2. The van der Waals surface area contributed by atoms with Crippen LogP contribution in [0.1, 0.15) is 6.92 Å². The van der Waals surface area contributed by atoms with Crippen molar-refractivity contribution < 1.29 is 9.18 Å². The fourth-order valence-corrected chi connectivity index (χ4v) is 2.42. The maximum Gasteiger partial charge on any atom is 0.238 e. The zero-order valence-corrected chi connectivity index (χ0v) is 13.6. The molecule has 1 aromatic rings. The molecule has 1 heterocycles. The molecule has 1 amide bonds. The van der Waals surface area contributed by atoms with E-state index in [1.807, 2.05) is 0 Å². The first-order chi connectivity index (χ1) is 9.06. The molecule has 0 aliphatic carbocycles. The van der Waals surface area contributed by atoms with Gasteiger partial charge >= 0.3 is 0 Å². The Morgan fingerprint density at radius 3 is 3.00 bits per heavy atom. The van der Waals surface area contributed by atoms with Crippen LogP contribution in [-0.2, 0) is 4.79 Å². The summed E-state index contributed by atoms with van der Waals surface area (Å²) in [5.41, 5.74) is 0.219. The van der Waals surface area contributed by atoms with Crippen LogP contribution in [0.25, 0.3) is 0 Å². The number of halogens is 3. The lowest BCUT2D eigenvalue weighted by molar-refractivity contribution is -0.118. The first-order valence-corrected chi connectivity index (χ1v) is 7.05. The number of hydrogen-bond donors (Lipinski definition) is 2. The van der Waals surface area contributed by atoms with Crippen LogP contribution in [-0.4, -0.2) is 43.0 Å². The number of piperazine rings is 1. The molecule has 20 heavy (non-hydrogen) atoms. The van der Waals surface area contributed by atoms with Crippen molar-refractivity contribution in [1.82, 2.24) is 10.2 Å². The lowest BCUT2D eigenvalue weighted by Gasteiger charge is -2.33. The van der Waals surface area contributed by atoms with Crippen LogP contribution >= 0.6 is 28.3 Å². The molecule has 0 aromatic heterocycles. The number of nitrogens with zero attached hydrogens (tertiary/aromatic N) is 1. The molecule has 4 nitrogen and oxygen atoms in total. The molecule has 1 saturated heterocycles. The first-order valence-electron chi connectivity index (χ1n) is 6.26. The Bertz CT molecular complexity index is 475. The fraction of sp³-hybridized carbons (Fsp3) is 0.462. The number of anilines is 1. The molecule has 7 heteroatoms. The second kappa shape index (κ2) is 7.93. The summed E-state index contributed by atoms with van der Waals surface area (Å²) in [6.07, 6.45) is 0. The summed E-state index contributed by atoms with van der Waals surface area (Å²) in [7, 11) is 0. The van der Waals surface area contributed by atoms with Crippen LogP contribution in [0.15, 0.2) is 22.7 Å². The maximum atomic E-state index is 13.6. The zero-order chi connectivity index (χ0) is 13.8. The number of hydrogen-bond acceptors (Lipinski definition) is 3. The van der Waals surface area contributed by atoms with Crippen molar-refractivity contribution >= 4 is 39.9 Å². The van der Waals surface area contributed by atoms with Gasteiger partial charge < -0.3 is 10.6 Å². The summed E-state index contributed by atoms with van der Waals surface area (Å²) in [5, 5.41) is 5.87. The fourth-order valence-electron chi connectivity index (χ4n) is 2.08. The average molecular weight is 367 g/mol. The van der Waals surface area contributed by atoms with E-state index in [-0.39, 0.29) is 24.0 Å². The third kappa shape index (κ3) is 4.70. The molecule has 1 atom stereocenters. The van der Waals surface area contributed by atoms with Crippen molar-refractivity contribution in [2.24, 2.45) is 0 Å². The van der Waals surface area contributed by atoms with E-state index >= 15 is 0 Å². The van der Waals surface area contributed by atoms with E-state index in [1.165, 1.54) is 6.07 Å². The van der Waals surface area contributed by atoms with Crippen molar-refractivity contribution in [3.63, 3.8) is 0 Å². The molecule has 0 unspecified atom stereocenters. The smallest absolute Gasteiger partial charge is 0.238 e. The van der Waals surface area contributed by atoms with Crippen LogP contribution in [0.5, 0.6) is 0 Å². The van der Waals surface area contributed by atoms with Crippen molar-refractivity contribution in [2.45, 2.75) is 13.0 Å². The topological polar surface area (TPSA) is 44.4 Å².